The number of hydrogen-bond acceptors (Lipinski definition) is 4. The Labute approximate surface area is 167 Å². The first-order valence-electron chi connectivity index (χ1n) is 8.14. The van der Waals surface area contributed by atoms with Crippen molar-refractivity contribution in [3.05, 3.63) is 75.9 Å². The Balaban J connectivity index is 1.96. The van der Waals surface area contributed by atoms with Crippen molar-refractivity contribution >= 4 is 50.2 Å². The fourth-order valence-electron chi connectivity index (χ4n) is 2.58. The van der Waals surface area contributed by atoms with Crippen molar-refractivity contribution in [1.29, 1.82) is 0 Å². The molecule has 1 aromatic heterocycles. The van der Waals surface area contributed by atoms with E-state index >= 15 is 0 Å². The molecule has 1 N–H and O–H groups in total. The van der Waals surface area contributed by atoms with Gasteiger partial charge in [-0.05, 0) is 48.7 Å². The molecule has 1 heterocycles. The number of thiophene rings is 1. The summed E-state index contributed by atoms with van der Waals surface area (Å²) in [6.45, 7) is 1.99. The molecule has 0 radical (unpaired) electrons. The molecule has 0 aliphatic carbocycles. The second kappa shape index (κ2) is 8.12. The maximum atomic E-state index is 13.2. The number of sulfonamides is 1. The topological polar surface area (TPSA) is 66.5 Å². The van der Waals surface area contributed by atoms with Crippen LogP contribution in [0.5, 0.6) is 0 Å². The van der Waals surface area contributed by atoms with Crippen LogP contribution < -0.4 is 9.62 Å². The lowest BCUT2D eigenvalue weighted by Gasteiger charge is -2.23. The first kappa shape index (κ1) is 19.4. The second-order valence-electron chi connectivity index (χ2n) is 5.62. The van der Waals surface area contributed by atoms with E-state index < -0.39 is 10.0 Å². The predicted molar refractivity (Wildman–Crippen MR) is 110 cm³/mol. The number of rotatable bonds is 6. The van der Waals surface area contributed by atoms with Gasteiger partial charge in [-0.3, -0.25) is 9.10 Å². The molecule has 0 aliphatic heterocycles. The van der Waals surface area contributed by atoms with Crippen molar-refractivity contribution in [3.63, 3.8) is 0 Å². The molecule has 140 valence electrons. The first-order chi connectivity index (χ1) is 12.9. The lowest BCUT2D eigenvalue weighted by molar-refractivity contribution is 0.102. The minimum absolute atomic E-state index is 0.0574. The van der Waals surface area contributed by atoms with Gasteiger partial charge in [-0.25, -0.2) is 8.42 Å². The van der Waals surface area contributed by atoms with E-state index in [2.05, 4.69) is 5.32 Å². The van der Waals surface area contributed by atoms with Gasteiger partial charge in [0.15, 0.2) is 0 Å². The fourth-order valence-corrected chi connectivity index (χ4v) is 5.19. The van der Waals surface area contributed by atoms with Gasteiger partial charge in [0.25, 0.3) is 15.9 Å². The lowest BCUT2D eigenvalue weighted by Crippen LogP contribution is -2.31. The Hall–Kier alpha value is -2.35. The predicted octanol–water partition coefficient (Wildman–Crippen LogP) is 4.87. The summed E-state index contributed by atoms with van der Waals surface area (Å²) in [6.07, 6.45) is 0. The van der Waals surface area contributed by atoms with Crippen molar-refractivity contribution in [1.82, 2.24) is 0 Å². The van der Waals surface area contributed by atoms with E-state index in [0.717, 1.165) is 0 Å². The third-order valence-corrected chi connectivity index (χ3v) is 6.94. The fraction of sp³-hybridized carbons (Fsp3) is 0.105. The average Bonchev–Trinajstić information content (AvgIpc) is 3.19. The van der Waals surface area contributed by atoms with Crippen LogP contribution in [-0.2, 0) is 10.0 Å². The molecule has 0 atom stereocenters. The minimum atomic E-state index is -3.89. The van der Waals surface area contributed by atoms with E-state index in [9.17, 15) is 13.2 Å². The zero-order valence-electron chi connectivity index (χ0n) is 14.4. The molecule has 1 amide bonds. The van der Waals surface area contributed by atoms with Crippen molar-refractivity contribution < 1.29 is 13.2 Å². The average molecular weight is 421 g/mol. The van der Waals surface area contributed by atoms with Crippen LogP contribution in [-0.4, -0.2) is 20.9 Å². The van der Waals surface area contributed by atoms with Crippen molar-refractivity contribution in [2.45, 2.75) is 11.8 Å². The van der Waals surface area contributed by atoms with Crippen LogP contribution in [0.3, 0.4) is 0 Å². The van der Waals surface area contributed by atoms with E-state index in [-0.39, 0.29) is 22.4 Å². The molecule has 0 unspecified atom stereocenters. The largest absolute Gasteiger partial charge is 0.322 e. The van der Waals surface area contributed by atoms with Gasteiger partial charge in [0.1, 0.15) is 4.90 Å². The minimum Gasteiger partial charge on any atom is -0.322 e. The Kier molecular flexibility index (Phi) is 5.84. The maximum Gasteiger partial charge on any atom is 0.265 e. The highest BCUT2D eigenvalue weighted by Crippen LogP contribution is 2.30. The van der Waals surface area contributed by atoms with Gasteiger partial charge < -0.3 is 5.32 Å². The molecule has 0 saturated carbocycles. The number of hydrogen-bond donors (Lipinski definition) is 1. The number of amides is 1. The van der Waals surface area contributed by atoms with Crippen LogP contribution in [0.2, 0.25) is 5.02 Å². The SMILES string of the molecule is CCN(c1ccccc1)S(=O)(=O)c1cc(NC(=O)c2ccsc2)ccc1Cl. The van der Waals surface area contributed by atoms with Gasteiger partial charge in [-0.2, -0.15) is 11.3 Å². The summed E-state index contributed by atoms with van der Waals surface area (Å²) < 4.78 is 27.6. The van der Waals surface area contributed by atoms with Crippen LogP contribution in [0, 0.1) is 0 Å². The molecule has 0 bridgehead atoms. The Morgan fingerprint density at radius 3 is 2.52 bits per heavy atom. The highest BCUT2D eigenvalue weighted by molar-refractivity contribution is 7.93. The van der Waals surface area contributed by atoms with E-state index in [1.54, 1.807) is 54.1 Å². The highest BCUT2D eigenvalue weighted by atomic mass is 35.5. The third kappa shape index (κ3) is 4.16. The molecule has 2 aromatic carbocycles. The van der Waals surface area contributed by atoms with Gasteiger partial charge in [-0.15, -0.1) is 0 Å². The molecule has 5 nitrogen and oxygen atoms in total. The van der Waals surface area contributed by atoms with Crippen LogP contribution in [0.15, 0.2) is 70.3 Å². The monoisotopic (exact) mass is 420 g/mol. The normalized spacial score (nSPS) is 11.2. The van der Waals surface area contributed by atoms with E-state index in [1.807, 2.05) is 6.07 Å². The van der Waals surface area contributed by atoms with E-state index in [4.69, 9.17) is 11.6 Å². The summed E-state index contributed by atoms with van der Waals surface area (Å²) in [6, 6.07) is 14.9. The zero-order chi connectivity index (χ0) is 19.4. The van der Waals surface area contributed by atoms with Crippen LogP contribution in [0.25, 0.3) is 0 Å². The Morgan fingerprint density at radius 2 is 1.89 bits per heavy atom. The summed E-state index contributed by atoms with van der Waals surface area (Å²) >= 11 is 7.60. The van der Waals surface area contributed by atoms with Gasteiger partial charge in [0.2, 0.25) is 0 Å². The molecule has 8 heteroatoms. The number of anilines is 2. The summed E-state index contributed by atoms with van der Waals surface area (Å²) in [5, 5.41) is 6.32. The summed E-state index contributed by atoms with van der Waals surface area (Å²) in [5.74, 6) is -0.308. The van der Waals surface area contributed by atoms with Gasteiger partial charge in [0, 0.05) is 17.6 Å². The van der Waals surface area contributed by atoms with Crippen LogP contribution >= 0.6 is 22.9 Å². The molecule has 0 fully saturated rings. The number of para-hydroxylation sites is 1. The smallest absolute Gasteiger partial charge is 0.265 e. The Bertz CT molecular complexity index is 1040. The molecule has 3 rings (SSSR count). The molecule has 27 heavy (non-hydrogen) atoms. The number of nitrogens with one attached hydrogen (secondary N) is 1. The van der Waals surface area contributed by atoms with Crippen molar-refractivity contribution in [2.24, 2.45) is 0 Å². The first-order valence-corrected chi connectivity index (χ1v) is 10.9. The third-order valence-electron chi connectivity index (χ3n) is 3.87. The molecule has 3 aromatic rings. The lowest BCUT2D eigenvalue weighted by atomic mass is 10.3. The number of benzene rings is 2. The summed E-state index contributed by atoms with van der Waals surface area (Å²) in [7, 11) is -3.89. The summed E-state index contributed by atoms with van der Waals surface area (Å²) in [4.78, 5) is 12.2. The zero-order valence-corrected chi connectivity index (χ0v) is 16.8. The molecular formula is C19H17ClN2O3S2. The molecule has 0 spiro atoms. The maximum absolute atomic E-state index is 13.2. The van der Waals surface area contributed by atoms with E-state index in [0.29, 0.717) is 16.9 Å². The number of carbonyl (C=O) groups is 1. The van der Waals surface area contributed by atoms with E-state index in [1.165, 1.54) is 27.8 Å². The number of carbonyl (C=O) groups excluding carboxylic acids is 1. The quantitative estimate of drug-likeness (QED) is 0.618. The van der Waals surface area contributed by atoms with Crippen LogP contribution in [0.4, 0.5) is 11.4 Å². The molecular weight excluding hydrogens is 404 g/mol. The van der Waals surface area contributed by atoms with Crippen molar-refractivity contribution in [3.8, 4) is 0 Å². The van der Waals surface area contributed by atoms with Crippen LogP contribution in [0.1, 0.15) is 17.3 Å². The second-order valence-corrected chi connectivity index (χ2v) is 8.63. The molecule has 0 saturated heterocycles. The van der Waals surface area contributed by atoms with Gasteiger partial charge in [-0.1, -0.05) is 29.8 Å². The number of nitrogens with zero attached hydrogens (tertiary/aromatic N) is 1. The van der Waals surface area contributed by atoms with Gasteiger partial charge in [0.05, 0.1) is 16.3 Å². The highest BCUT2D eigenvalue weighted by Gasteiger charge is 2.26. The van der Waals surface area contributed by atoms with Gasteiger partial charge >= 0.3 is 0 Å². The number of halogens is 1. The van der Waals surface area contributed by atoms with Crippen molar-refractivity contribution in [2.75, 3.05) is 16.2 Å². The standard InChI is InChI=1S/C19H17ClN2O3S2/c1-2-22(16-6-4-3-5-7-16)27(24,25)18-12-15(8-9-17(18)20)21-19(23)14-10-11-26-13-14/h3-13H,2H2,1H3,(H,21,23). The summed E-state index contributed by atoms with van der Waals surface area (Å²) in [5.41, 5.74) is 1.42. The molecule has 0 aliphatic rings. The Morgan fingerprint density at radius 1 is 1.15 bits per heavy atom.